The first-order valence-corrected chi connectivity index (χ1v) is 11.8. The summed E-state index contributed by atoms with van der Waals surface area (Å²) in [6, 6.07) is 30.8. The Morgan fingerprint density at radius 1 is 0.757 bits per heavy atom. The second-order valence-corrected chi connectivity index (χ2v) is 8.36. The van der Waals surface area contributed by atoms with Crippen LogP contribution in [0.4, 0.5) is 5.69 Å². The average molecular weight is 491 g/mol. The summed E-state index contributed by atoms with van der Waals surface area (Å²) in [6.45, 7) is 0.364. The second kappa shape index (κ2) is 10.8. The lowest BCUT2D eigenvalue weighted by Crippen LogP contribution is -2.14. The molecule has 0 aliphatic heterocycles. The number of nitrogens with one attached hydrogen (secondary N) is 1. The van der Waals surface area contributed by atoms with Gasteiger partial charge < -0.3 is 19.5 Å². The summed E-state index contributed by atoms with van der Waals surface area (Å²) in [6.07, 6.45) is 1.60. The Bertz CT molecular complexity index is 1520. The van der Waals surface area contributed by atoms with Crippen molar-refractivity contribution >= 4 is 22.4 Å². The number of hydrogen-bond acceptors (Lipinski definition) is 5. The molecule has 37 heavy (non-hydrogen) atoms. The number of ether oxygens (including phenoxy) is 3. The number of aromatic nitrogens is 1. The zero-order chi connectivity index (χ0) is 25.6. The van der Waals surface area contributed by atoms with E-state index in [0.717, 1.165) is 27.5 Å². The van der Waals surface area contributed by atoms with Gasteiger partial charge in [0, 0.05) is 23.2 Å². The predicted molar refractivity (Wildman–Crippen MR) is 145 cm³/mol. The lowest BCUT2D eigenvalue weighted by molar-refractivity contribution is 0.102. The highest BCUT2D eigenvalue weighted by Crippen LogP contribution is 2.45. The lowest BCUT2D eigenvalue weighted by atomic mass is 9.94. The molecule has 5 rings (SSSR count). The number of amides is 1. The van der Waals surface area contributed by atoms with E-state index in [1.165, 1.54) is 0 Å². The summed E-state index contributed by atoms with van der Waals surface area (Å²) in [5.74, 6) is 1.46. The number of fused-ring (bicyclic) bond motifs is 1. The van der Waals surface area contributed by atoms with Crippen LogP contribution in [0.5, 0.6) is 17.2 Å². The van der Waals surface area contributed by atoms with Gasteiger partial charge in [-0.15, -0.1) is 0 Å². The lowest BCUT2D eigenvalue weighted by Gasteiger charge is -2.20. The van der Waals surface area contributed by atoms with Crippen molar-refractivity contribution in [2.24, 2.45) is 0 Å². The zero-order valence-corrected chi connectivity index (χ0v) is 20.6. The van der Waals surface area contributed by atoms with Gasteiger partial charge in [-0.05, 0) is 40.8 Å². The van der Waals surface area contributed by atoms with E-state index in [4.69, 9.17) is 14.2 Å². The molecule has 1 heterocycles. The first-order valence-electron chi connectivity index (χ1n) is 11.8. The first kappa shape index (κ1) is 23.9. The number of pyridine rings is 1. The molecule has 1 amide bonds. The Labute approximate surface area is 215 Å². The fourth-order valence-electron chi connectivity index (χ4n) is 4.27. The highest BCUT2D eigenvalue weighted by atomic mass is 16.5. The maximum Gasteiger partial charge on any atom is 0.274 e. The molecule has 0 unspecified atom stereocenters. The van der Waals surface area contributed by atoms with Crippen LogP contribution in [0.15, 0.2) is 103 Å². The molecule has 0 fully saturated rings. The van der Waals surface area contributed by atoms with Crippen molar-refractivity contribution < 1.29 is 19.0 Å². The number of benzene rings is 4. The van der Waals surface area contributed by atoms with Gasteiger partial charge in [0.25, 0.3) is 5.91 Å². The molecule has 0 saturated carbocycles. The van der Waals surface area contributed by atoms with Gasteiger partial charge in [0.1, 0.15) is 18.1 Å². The van der Waals surface area contributed by atoms with E-state index in [0.29, 0.717) is 35.2 Å². The molecule has 1 aromatic heterocycles. The molecule has 6 nitrogen and oxygen atoms in total. The number of hydrogen-bond donors (Lipinski definition) is 1. The van der Waals surface area contributed by atoms with Gasteiger partial charge >= 0.3 is 0 Å². The third kappa shape index (κ3) is 5.09. The number of methoxy groups -OCH3 is 2. The normalized spacial score (nSPS) is 10.6. The van der Waals surface area contributed by atoms with Gasteiger partial charge in [0.15, 0.2) is 11.5 Å². The maximum atomic E-state index is 13.2. The Kier molecular flexibility index (Phi) is 6.99. The highest BCUT2D eigenvalue weighted by Gasteiger charge is 2.20. The van der Waals surface area contributed by atoms with Crippen LogP contribution >= 0.6 is 0 Å². The summed E-state index contributed by atoms with van der Waals surface area (Å²) >= 11 is 0. The fraction of sp³-hybridized carbons (Fsp3) is 0.0968. The first-order chi connectivity index (χ1) is 18.2. The third-order valence-electron chi connectivity index (χ3n) is 6.05. The van der Waals surface area contributed by atoms with Gasteiger partial charge in [0.2, 0.25) is 0 Å². The van der Waals surface area contributed by atoms with E-state index in [-0.39, 0.29) is 5.91 Å². The van der Waals surface area contributed by atoms with Crippen molar-refractivity contribution in [3.05, 3.63) is 115 Å². The topological polar surface area (TPSA) is 69.7 Å². The molecule has 0 atom stereocenters. The quantitative estimate of drug-likeness (QED) is 0.261. The molecular weight excluding hydrogens is 464 g/mol. The van der Waals surface area contributed by atoms with Gasteiger partial charge in [0.05, 0.1) is 19.9 Å². The highest BCUT2D eigenvalue weighted by molar-refractivity contribution is 6.12. The standard InChI is InChI=1S/C31H26N2O4/c1-35-28-17-23-24(18-29(28)36-2)30(22-13-7-4-8-14-22)26(33-31(34)25-15-9-10-16-32-25)19-27(23)37-20-21-11-5-3-6-12-21/h3-19H,20H2,1-2H3,(H,33,34). The molecule has 6 heteroatoms. The van der Waals surface area contributed by atoms with Gasteiger partial charge in [-0.25, -0.2) is 0 Å². The largest absolute Gasteiger partial charge is 0.493 e. The smallest absolute Gasteiger partial charge is 0.274 e. The number of nitrogens with zero attached hydrogens (tertiary/aromatic N) is 1. The van der Waals surface area contributed by atoms with Crippen LogP contribution in [-0.2, 0) is 6.61 Å². The van der Waals surface area contributed by atoms with Crippen LogP contribution < -0.4 is 19.5 Å². The van der Waals surface area contributed by atoms with E-state index in [2.05, 4.69) is 10.3 Å². The Balaban J connectivity index is 1.72. The second-order valence-electron chi connectivity index (χ2n) is 8.36. The molecule has 0 bridgehead atoms. The van der Waals surface area contributed by atoms with Crippen molar-refractivity contribution in [2.45, 2.75) is 6.61 Å². The van der Waals surface area contributed by atoms with Crippen LogP contribution in [0.25, 0.3) is 21.9 Å². The van der Waals surface area contributed by atoms with E-state index in [1.807, 2.05) is 78.9 Å². The van der Waals surface area contributed by atoms with Crippen molar-refractivity contribution in [1.29, 1.82) is 0 Å². The SMILES string of the molecule is COc1cc2c(OCc3ccccc3)cc(NC(=O)c3ccccn3)c(-c3ccccc3)c2cc1OC. The molecule has 1 N–H and O–H groups in total. The summed E-state index contributed by atoms with van der Waals surface area (Å²) in [5.41, 5.74) is 3.73. The van der Waals surface area contributed by atoms with Crippen LogP contribution in [0.3, 0.4) is 0 Å². The van der Waals surface area contributed by atoms with Crippen molar-refractivity contribution in [3.8, 4) is 28.4 Å². The van der Waals surface area contributed by atoms with Crippen LogP contribution in [0, 0.1) is 0 Å². The predicted octanol–water partition coefficient (Wildman–Crippen LogP) is 6.75. The van der Waals surface area contributed by atoms with Gasteiger partial charge in [-0.3, -0.25) is 9.78 Å². The van der Waals surface area contributed by atoms with E-state index in [1.54, 1.807) is 38.6 Å². The van der Waals surface area contributed by atoms with Crippen LogP contribution in [0.1, 0.15) is 16.1 Å². The molecule has 5 aromatic rings. The summed E-state index contributed by atoms with van der Waals surface area (Å²) in [4.78, 5) is 17.4. The molecule has 0 radical (unpaired) electrons. The maximum absolute atomic E-state index is 13.2. The number of carbonyl (C=O) groups is 1. The van der Waals surface area contributed by atoms with Crippen LogP contribution in [0.2, 0.25) is 0 Å². The molecule has 0 saturated heterocycles. The summed E-state index contributed by atoms with van der Waals surface area (Å²) < 4.78 is 17.6. The molecule has 0 aliphatic rings. The zero-order valence-electron chi connectivity index (χ0n) is 20.6. The van der Waals surface area contributed by atoms with Crippen molar-refractivity contribution in [1.82, 2.24) is 4.98 Å². The average Bonchev–Trinajstić information content (AvgIpc) is 2.96. The van der Waals surface area contributed by atoms with E-state index in [9.17, 15) is 4.79 Å². The number of anilines is 1. The molecule has 0 aliphatic carbocycles. The van der Waals surface area contributed by atoms with E-state index >= 15 is 0 Å². The van der Waals surface area contributed by atoms with E-state index < -0.39 is 0 Å². The fourth-order valence-corrected chi connectivity index (χ4v) is 4.27. The van der Waals surface area contributed by atoms with Gasteiger partial charge in [-0.1, -0.05) is 66.7 Å². The Hall–Kier alpha value is -4.84. The molecular formula is C31H26N2O4. The van der Waals surface area contributed by atoms with Gasteiger partial charge in [-0.2, -0.15) is 0 Å². The monoisotopic (exact) mass is 490 g/mol. The Morgan fingerprint density at radius 3 is 2.05 bits per heavy atom. The van der Waals surface area contributed by atoms with Crippen molar-refractivity contribution in [3.63, 3.8) is 0 Å². The molecule has 4 aromatic carbocycles. The molecule has 184 valence electrons. The summed E-state index contributed by atoms with van der Waals surface area (Å²) in [7, 11) is 3.21. The number of rotatable bonds is 8. The third-order valence-corrected chi connectivity index (χ3v) is 6.05. The van der Waals surface area contributed by atoms with Crippen molar-refractivity contribution in [2.75, 3.05) is 19.5 Å². The minimum Gasteiger partial charge on any atom is -0.493 e. The van der Waals surface area contributed by atoms with Crippen LogP contribution in [-0.4, -0.2) is 25.1 Å². The minimum absolute atomic E-state index is 0.313. The molecule has 0 spiro atoms. The number of carbonyl (C=O) groups excluding carboxylic acids is 1. The summed E-state index contributed by atoms with van der Waals surface area (Å²) in [5, 5.41) is 4.76. The Morgan fingerprint density at radius 2 is 1.41 bits per heavy atom. The minimum atomic E-state index is -0.313.